The number of benzene rings is 1. The summed E-state index contributed by atoms with van der Waals surface area (Å²) in [6.07, 6.45) is 8.54. The van der Waals surface area contributed by atoms with Crippen LogP contribution in [0.15, 0.2) is 30.5 Å². The van der Waals surface area contributed by atoms with E-state index in [0.717, 1.165) is 43.8 Å². The molecule has 1 aromatic carbocycles. The van der Waals surface area contributed by atoms with Gasteiger partial charge in [-0.05, 0) is 56.2 Å². The Labute approximate surface area is 167 Å². The largest absolute Gasteiger partial charge is 0.497 e. The highest BCUT2D eigenvalue weighted by atomic mass is 16.5. The minimum absolute atomic E-state index is 0.223. The van der Waals surface area contributed by atoms with Gasteiger partial charge in [-0.25, -0.2) is 4.98 Å². The molecular weight excluding hydrogens is 350 g/mol. The molecule has 5 heteroatoms. The molecule has 1 amide bonds. The third kappa shape index (κ3) is 4.08. The predicted molar refractivity (Wildman–Crippen MR) is 110 cm³/mol. The molecule has 4 rings (SSSR count). The highest BCUT2D eigenvalue weighted by Crippen LogP contribution is 2.36. The summed E-state index contributed by atoms with van der Waals surface area (Å²) in [5.74, 6) is 3.62. The Bertz CT molecular complexity index is 817. The number of carbonyl (C=O) groups excluding carboxylic acids is 1. The highest BCUT2D eigenvalue weighted by Gasteiger charge is 2.28. The molecular formula is C23H31N3O2. The molecule has 2 aromatic rings. The van der Waals surface area contributed by atoms with Gasteiger partial charge in [0.05, 0.1) is 13.5 Å². The summed E-state index contributed by atoms with van der Waals surface area (Å²) in [4.78, 5) is 19.4. The van der Waals surface area contributed by atoms with Crippen LogP contribution in [0.4, 0.5) is 0 Å². The maximum Gasteiger partial charge on any atom is 0.226 e. The Kier molecular flexibility index (Phi) is 5.69. The Balaban J connectivity index is 1.31. The Hall–Kier alpha value is -2.30. The fourth-order valence-corrected chi connectivity index (χ4v) is 4.40. The second-order valence-electron chi connectivity index (χ2n) is 8.35. The lowest BCUT2D eigenvalue weighted by Gasteiger charge is -2.33. The topological polar surface area (TPSA) is 47.4 Å². The van der Waals surface area contributed by atoms with E-state index in [1.807, 2.05) is 35.4 Å². The number of piperidine rings is 1. The number of aromatic nitrogens is 2. The molecule has 2 fully saturated rings. The van der Waals surface area contributed by atoms with Crippen molar-refractivity contribution in [2.75, 3.05) is 20.2 Å². The van der Waals surface area contributed by atoms with Gasteiger partial charge in [-0.3, -0.25) is 4.79 Å². The first-order valence-electron chi connectivity index (χ1n) is 10.6. The monoisotopic (exact) mass is 381 g/mol. The summed E-state index contributed by atoms with van der Waals surface area (Å²) in [7, 11) is 1.66. The quantitative estimate of drug-likeness (QED) is 0.761. The Morgan fingerprint density at radius 1 is 1.21 bits per heavy atom. The van der Waals surface area contributed by atoms with Crippen molar-refractivity contribution in [3.8, 4) is 5.75 Å². The number of rotatable bonds is 6. The van der Waals surface area contributed by atoms with E-state index >= 15 is 0 Å². The van der Waals surface area contributed by atoms with Gasteiger partial charge in [-0.15, -0.1) is 0 Å². The second kappa shape index (κ2) is 8.38. The van der Waals surface area contributed by atoms with Gasteiger partial charge in [0, 0.05) is 37.4 Å². The first kappa shape index (κ1) is 19.0. The summed E-state index contributed by atoms with van der Waals surface area (Å²) in [5.41, 5.74) is 2.30. The summed E-state index contributed by atoms with van der Waals surface area (Å²) < 4.78 is 7.71. The molecule has 1 aliphatic heterocycles. The maximum atomic E-state index is 12.7. The van der Waals surface area contributed by atoms with Crippen LogP contribution in [0, 0.1) is 12.8 Å². The molecule has 0 N–H and O–H groups in total. The molecule has 0 unspecified atom stereocenters. The third-order valence-corrected chi connectivity index (χ3v) is 6.45. The van der Waals surface area contributed by atoms with Crippen LogP contribution in [-0.2, 0) is 17.8 Å². The lowest BCUT2D eigenvalue weighted by atomic mass is 9.84. The van der Waals surface area contributed by atoms with Crippen LogP contribution in [-0.4, -0.2) is 40.6 Å². The van der Waals surface area contributed by atoms with Gasteiger partial charge in [0.25, 0.3) is 0 Å². The number of carbonyl (C=O) groups is 1. The van der Waals surface area contributed by atoms with Crippen LogP contribution in [0.5, 0.6) is 5.75 Å². The van der Waals surface area contributed by atoms with E-state index < -0.39 is 0 Å². The zero-order valence-electron chi connectivity index (χ0n) is 17.1. The fourth-order valence-electron chi connectivity index (χ4n) is 4.40. The standard InChI is InChI=1S/C23H31N3O2/c1-17-15-24-23(20-6-4-7-20)26(17)16-18-9-11-25(12-10-18)22(27)14-19-5-3-8-21(13-19)28-2/h3,5,8,13,15,18,20H,4,6-7,9-12,14,16H2,1-2H3. The summed E-state index contributed by atoms with van der Waals surface area (Å²) in [6, 6.07) is 7.81. The molecule has 1 saturated carbocycles. The number of likely N-dealkylation sites (tertiary alicyclic amines) is 1. The molecule has 2 aliphatic rings. The number of imidazole rings is 1. The number of ether oxygens (including phenoxy) is 1. The molecule has 150 valence electrons. The van der Waals surface area contributed by atoms with E-state index in [9.17, 15) is 4.79 Å². The number of nitrogens with zero attached hydrogens (tertiary/aromatic N) is 3. The van der Waals surface area contributed by atoms with Gasteiger partial charge >= 0.3 is 0 Å². The van der Waals surface area contributed by atoms with Crippen LogP contribution in [0.3, 0.4) is 0 Å². The molecule has 1 saturated heterocycles. The fraction of sp³-hybridized carbons (Fsp3) is 0.565. The van der Waals surface area contributed by atoms with Crippen LogP contribution < -0.4 is 4.74 Å². The summed E-state index contributed by atoms with van der Waals surface area (Å²) >= 11 is 0. The normalized spacial score (nSPS) is 18.1. The van der Waals surface area contributed by atoms with E-state index in [1.54, 1.807) is 7.11 Å². The van der Waals surface area contributed by atoms with Crippen LogP contribution in [0.1, 0.15) is 55.1 Å². The highest BCUT2D eigenvalue weighted by molar-refractivity contribution is 5.79. The van der Waals surface area contributed by atoms with Gasteiger partial charge in [-0.2, -0.15) is 0 Å². The van der Waals surface area contributed by atoms with Crippen LogP contribution >= 0.6 is 0 Å². The molecule has 28 heavy (non-hydrogen) atoms. The molecule has 0 spiro atoms. The van der Waals surface area contributed by atoms with E-state index in [4.69, 9.17) is 9.72 Å². The lowest BCUT2D eigenvalue weighted by molar-refractivity contribution is -0.131. The number of aryl methyl sites for hydroxylation is 1. The van der Waals surface area contributed by atoms with Crippen molar-refractivity contribution in [1.82, 2.24) is 14.5 Å². The van der Waals surface area contributed by atoms with Gasteiger partial charge in [0.15, 0.2) is 0 Å². The summed E-state index contributed by atoms with van der Waals surface area (Å²) in [5, 5.41) is 0. The second-order valence-corrected chi connectivity index (χ2v) is 8.35. The van der Waals surface area contributed by atoms with Crippen LogP contribution in [0.25, 0.3) is 0 Å². The zero-order chi connectivity index (χ0) is 19.5. The Morgan fingerprint density at radius 3 is 2.68 bits per heavy atom. The van der Waals surface area contributed by atoms with Crippen molar-refractivity contribution in [2.45, 2.75) is 57.9 Å². The molecule has 2 heterocycles. The van der Waals surface area contributed by atoms with Gasteiger partial charge in [-0.1, -0.05) is 18.6 Å². The van der Waals surface area contributed by atoms with E-state index in [2.05, 4.69) is 11.5 Å². The van der Waals surface area contributed by atoms with Gasteiger partial charge < -0.3 is 14.2 Å². The van der Waals surface area contributed by atoms with Crippen molar-refractivity contribution in [1.29, 1.82) is 0 Å². The SMILES string of the molecule is COc1cccc(CC(=O)N2CCC(Cn3c(C)cnc3C3CCC3)CC2)c1. The minimum Gasteiger partial charge on any atom is -0.497 e. The van der Waals surface area contributed by atoms with Crippen molar-refractivity contribution < 1.29 is 9.53 Å². The number of hydrogen-bond acceptors (Lipinski definition) is 3. The van der Waals surface area contributed by atoms with Gasteiger partial charge in [0.1, 0.15) is 11.6 Å². The average Bonchev–Trinajstić information content (AvgIpc) is 3.01. The summed E-state index contributed by atoms with van der Waals surface area (Å²) in [6.45, 7) is 4.94. The Morgan fingerprint density at radius 2 is 2.00 bits per heavy atom. The van der Waals surface area contributed by atoms with Crippen LogP contribution in [0.2, 0.25) is 0 Å². The smallest absolute Gasteiger partial charge is 0.226 e. The predicted octanol–water partition coefficient (Wildman–Crippen LogP) is 3.95. The first-order chi connectivity index (χ1) is 13.6. The molecule has 1 aromatic heterocycles. The maximum absolute atomic E-state index is 12.7. The first-order valence-corrected chi connectivity index (χ1v) is 10.6. The molecule has 1 aliphatic carbocycles. The third-order valence-electron chi connectivity index (χ3n) is 6.45. The van der Waals surface area contributed by atoms with E-state index in [-0.39, 0.29) is 5.91 Å². The van der Waals surface area contributed by atoms with E-state index in [1.165, 1.54) is 30.8 Å². The molecule has 0 atom stereocenters. The molecule has 0 radical (unpaired) electrons. The van der Waals surface area contributed by atoms with E-state index in [0.29, 0.717) is 18.3 Å². The van der Waals surface area contributed by atoms with Crippen molar-refractivity contribution >= 4 is 5.91 Å². The molecule has 0 bridgehead atoms. The van der Waals surface area contributed by atoms with Gasteiger partial charge in [0.2, 0.25) is 5.91 Å². The zero-order valence-corrected chi connectivity index (χ0v) is 17.1. The number of amides is 1. The molecule has 5 nitrogen and oxygen atoms in total. The van der Waals surface area contributed by atoms with Crippen molar-refractivity contribution in [3.05, 3.63) is 47.5 Å². The van der Waals surface area contributed by atoms with Crippen molar-refractivity contribution in [3.63, 3.8) is 0 Å². The number of methoxy groups -OCH3 is 1. The lowest BCUT2D eigenvalue weighted by Crippen LogP contribution is -2.40. The van der Waals surface area contributed by atoms with Crippen molar-refractivity contribution in [2.24, 2.45) is 5.92 Å². The average molecular weight is 382 g/mol. The minimum atomic E-state index is 0.223. The number of hydrogen-bond donors (Lipinski definition) is 0.